The molecular weight excluding hydrogens is 526 g/mol. The number of carbonyl (C=O) groups excluding carboxylic acids is 2. The number of likely N-dealkylation sites (tertiary alicyclic amines) is 2. The van der Waals surface area contributed by atoms with Gasteiger partial charge in [0.2, 0.25) is 0 Å². The van der Waals surface area contributed by atoms with Crippen LogP contribution in [0.2, 0.25) is 0 Å². The first-order valence-corrected chi connectivity index (χ1v) is 16.1. The summed E-state index contributed by atoms with van der Waals surface area (Å²) in [6.07, 6.45) is 7.55. The maximum absolute atomic E-state index is 14.4. The molecule has 6 rings (SSSR count). The second-order valence-electron chi connectivity index (χ2n) is 11.9. The van der Waals surface area contributed by atoms with E-state index in [1.54, 1.807) is 18.2 Å². The van der Waals surface area contributed by atoms with Crippen molar-refractivity contribution in [1.82, 2.24) is 9.80 Å². The highest BCUT2D eigenvalue weighted by Crippen LogP contribution is 2.49. The first-order chi connectivity index (χ1) is 19.3. The normalized spacial score (nSPS) is 24.1. The van der Waals surface area contributed by atoms with Crippen molar-refractivity contribution >= 4 is 27.6 Å². The molecule has 2 aromatic carbocycles. The third-order valence-corrected chi connectivity index (χ3v) is 11.5. The fourth-order valence-corrected chi connectivity index (χ4v) is 9.22. The van der Waals surface area contributed by atoms with Gasteiger partial charge in [0, 0.05) is 43.7 Å². The highest BCUT2D eigenvalue weighted by molar-refractivity contribution is 7.93. The van der Waals surface area contributed by atoms with Crippen LogP contribution in [0.1, 0.15) is 84.1 Å². The van der Waals surface area contributed by atoms with Gasteiger partial charge in [0.15, 0.2) is 0 Å². The Balaban J connectivity index is 1.40. The molecule has 1 saturated carbocycles. The molecule has 0 N–H and O–H groups in total. The number of methoxy groups -OCH3 is 1. The molecule has 9 heteroatoms. The van der Waals surface area contributed by atoms with Gasteiger partial charge in [0.1, 0.15) is 4.90 Å². The number of ether oxygens (including phenoxy) is 1. The summed E-state index contributed by atoms with van der Waals surface area (Å²) in [7, 11) is -2.83. The Morgan fingerprint density at radius 1 is 0.925 bits per heavy atom. The molecule has 3 heterocycles. The summed E-state index contributed by atoms with van der Waals surface area (Å²) in [4.78, 5) is 30.5. The molecule has 0 bridgehead atoms. The zero-order chi connectivity index (χ0) is 28.0. The molecule has 0 aromatic heterocycles. The molecule has 2 aromatic rings. The summed E-state index contributed by atoms with van der Waals surface area (Å²) >= 11 is 0. The zero-order valence-electron chi connectivity index (χ0n) is 23.4. The van der Waals surface area contributed by atoms with Gasteiger partial charge in [0.05, 0.1) is 24.4 Å². The number of carbonyl (C=O) groups is 2. The minimum Gasteiger partial charge on any atom is -0.465 e. The SMILES string of the molecule is COC(=O)c1ccccc1S(=O)(=O)N1c2ccc(C(=O)N3CCC(C)CC3)cc2C2CN(C3CCCC3)CCC21. The number of amides is 1. The summed E-state index contributed by atoms with van der Waals surface area (Å²) in [5, 5.41) is 0. The highest BCUT2D eigenvalue weighted by Gasteiger charge is 2.49. The van der Waals surface area contributed by atoms with Gasteiger partial charge in [-0.25, -0.2) is 13.2 Å². The van der Waals surface area contributed by atoms with E-state index in [1.807, 2.05) is 17.0 Å². The molecule has 2 unspecified atom stereocenters. The average Bonchev–Trinajstić information content (AvgIpc) is 3.63. The van der Waals surface area contributed by atoms with Crippen molar-refractivity contribution in [2.75, 3.05) is 37.6 Å². The van der Waals surface area contributed by atoms with E-state index < -0.39 is 16.0 Å². The smallest absolute Gasteiger partial charge is 0.339 e. The third-order valence-electron chi connectivity index (χ3n) is 9.56. The van der Waals surface area contributed by atoms with Crippen LogP contribution in [0, 0.1) is 5.92 Å². The summed E-state index contributed by atoms with van der Waals surface area (Å²) in [5.41, 5.74) is 2.19. The Hall–Kier alpha value is -2.91. The number of anilines is 1. The quantitative estimate of drug-likeness (QED) is 0.491. The Labute approximate surface area is 237 Å². The van der Waals surface area contributed by atoms with Crippen LogP contribution in [0.25, 0.3) is 0 Å². The van der Waals surface area contributed by atoms with Crippen molar-refractivity contribution in [2.24, 2.45) is 5.92 Å². The van der Waals surface area contributed by atoms with Gasteiger partial charge in [-0.3, -0.25) is 14.0 Å². The van der Waals surface area contributed by atoms with Crippen LogP contribution >= 0.6 is 0 Å². The highest BCUT2D eigenvalue weighted by atomic mass is 32.2. The van der Waals surface area contributed by atoms with E-state index in [0.29, 0.717) is 29.6 Å². The second-order valence-corrected chi connectivity index (χ2v) is 13.7. The Kier molecular flexibility index (Phi) is 7.38. The molecule has 214 valence electrons. The van der Waals surface area contributed by atoms with Crippen molar-refractivity contribution in [3.05, 3.63) is 59.2 Å². The number of sulfonamides is 1. The van der Waals surface area contributed by atoms with Crippen molar-refractivity contribution in [3.63, 3.8) is 0 Å². The van der Waals surface area contributed by atoms with Crippen LogP contribution in [-0.2, 0) is 14.8 Å². The van der Waals surface area contributed by atoms with Crippen molar-refractivity contribution in [1.29, 1.82) is 0 Å². The number of benzene rings is 2. The molecule has 4 aliphatic rings. The lowest BCUT2D eigenvalue weighted by molar-refractivity contribution is 0.0595. The molecule has 3 aliphatic heterocycles. The fraction of sp³-hybridized carbons (Fsp3) is 0.548. The van der Waals surface area contributed by atoms with E-state index in [-0.39, 0.29) is 28.3 Å². The number of hydrogen-bond donors (Lipinski definition) is 0. The van der Waals surface area contributed by atoms with Gasteiger partial charge < -0.3 is 9.64 Å². The van der Waals surface area contributed by atoms with Crippen LogP contribution in [0.3, 0.4) is 0 Å². The Morgan fingerprint density at radius 3 is 2.38 bits per heavy atom. The molecule has 40 heavy (non-hydrogen) atoms. The Morgan fingerprint density at radius 2 is 1.65 bits per heavy atom. The molecule has 8 nitrogen and oxygen atoms in total. The molecule has 1 aliphatic carbocycles. The van der Waals surface area contributed by atoms with Gasteiger partial charge in [-0.2, -0.15) is 0 Å². The van der Waals surface area contributed by atoms with E-state index in [4.69, 9.17) is 4.74 Å². The lowest BCUT2D eigenvalue weighted by Crippen LogP contribution is -2.50. The Bertz CT molecular complexity index is 1400. The minimum atomic E-state index is -4.09. The topological polar surface area (TPSA) is 87.2 Å². The summed E-state index contributed by atoms with van der Waals surface area (Å²) < 4.78 is 35.2. The zero-order valence-corrected chi connectivity index (χ0v) is 24.2. The maximum atomic E-state index is 14.4. The standard InChI is InChI=1S/C31H39N3O5S/c1-21-13-16-32(17-14-21)30(35)22-11-12-27-25(19-22)26-20-33(23-7-3-4-8-23)18-15-28(26)34(27)40(37,38)29-10-6-5-9-24(29)31(36)39-2/h5-6,9-12,19,21,23,26,28H,3-4,7-8,13-18,20H2,1-2H3. The van der Waals surface area contributed by atoms with Crippen molar-refractivity contribution < 1.29 is 22.7 Å². The van der Waals surface area contributed by atoms with E-state index in [9.17, 15) is 18.0 Å². The summed E-state index contributed by atoms with van der Waals surface area (Å²) in [6.45, 7) is 5.34. The second kappa shape index (κ2) is 10.8. The molecule has 3 fully saturated rings. The van der Waals surface area contributed by atoms with Crippen LogP contribution in [0.15, 0.2) is 47.4 Å². The lowest BCUT2D eigenvalue weighted by Gasteiger charge is -2.41. The van der Waals surface area contributed by atoms with Crippen molar-refractivity contribution in [3.8, 4) is 0 Å². The van der Waals surface area contributed by atoms with Crippen LogP contribution < -0.4 is 4.31 Å². The summed E-state index contributed by atoms with van der Waals surface area (Å²) in [6, 6.07) is 12.1. The van der Waals surface area contributed by atoms with Gasteiger partial charge in [-0.1, -0.05) is 31.9 Å². The maximum Gasteiger partial charge on any atom is 0.339 e. The summed E-state index contributed by atoms with van der Waals surface area (Å²) in [5.74, 6) is -0.0751. The third kappa shape index (κ3) is 4.71. The number of esters is 1. The number of fused-ring (bicyclic) bond motifs is 3. The van der Waals surface area contributed by atoms with Crippen LogP contribution in [0.4, 0.5) is 5.69 Å². The van der Waals surface area contributed by atoms with E-state index in [0.717, 1.165) is 44.6 Å². The molecule has 2 atom stereocenters. The number of hydrogen-bond acceptors (Lipinski definition) is 6. The first-order valence-electron chi connectivity index (χ1n) is 14.7. The van der Waals surface area contributed by atoms with Gasteiger partial charge in [-0.05, 0) is 73.9 Å². The van der Waals surface area contributed by atoms with Gasteiger partial charge in [0.25, 0.3) is 15.9 Å². The predicted octanol–water partition coefficient (Wildman–Crippen LogP) is 4.65. The number of nitrogens with zero attached hydrogens (tertiary/aromatic N) is 3. The van der Waals surface area contributed by atoms with E-state index in [1.165, 1.54) is 49.2 Å². The lowest BCUT2D eigenvalue weighted by atomic mass is 9.87. The van der Waals surface area contributed by atoms with Crippen molar-refractivity contribution in [2.45, 2.75) is 74.8 Å². The number of piperidine rings is 2. The fourth-order valence-electron chi connectivity index (χ4n) is 7.29. The number of rotatable bonds is 5. The molecule has 0 radical (unpaired) electrons. The molecule has 0 spiro atoms. The molecule has 2 saturated heterocycles. The van der Waals surface area contributed by atoms with Gasteiger partial charge >= 0.3 is 5.97 Å². The average molecular weight is 566 g/mol. The minimum absolute atomic E-state index is 0.0204. The van der Waals surface area contributed by atoms with E-state index >= 15 is 0 Å². The predicted molar refractivity (Wildman–Crippen MR) is 153 cm³/mol. The molecule has 1 amide bonds. The van der Waals surface area contributed by atoms with Crippen LogP contribution in [-0.4, -0.2) is 75.5 Å². The first kappa shape index (κ1) is 27.3. The van der Waals surface area contributed by atoms with Gasteiger partial charge in [-0.15, -0.1) is 0 Å². The monoisotopic (exact) mass is 565 g/mol. The largest absolute Gasteiger partial charge is 0.465 e. The molecular formula is C31H39N3O5S. The van der Waals surface area contributed by atoms with E-state index in [2.05, 4.69) is 11.8 Å². The van der Waals surface area contributed by atoms with Crippen LogP contribution in [0.5, 0.6) is 0 Å².